The van der Waals surface area contributed by atoms with Gasteiger partial charge in [-0.2, -0.15) is 0 Å². The Balaban J connectivity index is 1.57. The number of hydrogen-bond donors (Lipinski definition) is 10. The van der Waals surface area contributed by atoms with Gasteiger partial charge in [0.1, 0.15) is 24.4 Å². The van der Waals surface area contributed by atoms with Gasteiger partial charge in [0.05, 0.1) is 80.5 Å². The molecule has 20 nitrogen and oxygen atoms in total. The van der Waals surface area contributed by atoms with Crippen molar-refractivity contribution in [2.75, 3.05) is 20.3 Å². The molecule has 0 radical (unpaired) electrons. The topological polar surface area (TPSA) is 302 Å². The van der Waals surface area contributed by atoms with Crippen LogP contribution < -0.4 is 10.6 Å². The van der Waals surface area contributed by atoms with Crippen LogP contribution in [0.3, 0.4) is 0 Å². The summed E-state index contributed by atoms with van der Waals surface area (Å²) < 4.78 is 40.7. The molecule has 0 spiro atoms. The minimum Gasteiger partial charge on any atom is -0.462 e. The van der Waals surface area contributed by atoms with E-state index in [1.807, 2.05) is 62.5 Å². The molecule has 2 amide bonds. The van der Waals surface area contributed by atoms with Gasteiger partial charge in [-0.05, 0) is 32.6 Å². The average molecular weight is 1010 g/mol. The van der Waals surface area contributed by atoms with Gasteiger partial charge < -0.3 is 84.6 Å². The van der Waals surface area contributed by atoms with E-state index >= 15 is 0 Å². The maximum atomic E-state index is 12.7. The summed E-state index contributed by atoms with van der Waals surface area (Å²) in [7, 11) is 1.35. The number of fused-ring (bicyclic) bond motifs is 4. The zero-order valence-corrected chi connectivity index (χ0v) is 41.3. The lowest BCUT2D eigenvalue weighted by molar-refractivity contribution is -0.304. The van der Waals surface area contributed by atoms with Gasteiger partial charge in [-0.1, -0.05) is 106 Å². The molecule has 4 aliphatic rings. The van der Waals surface area contributed by atoms with Gasteiger partial charge in [-0.15, -0.1) is 0 Å². The van der Waals surface area contributed by atoms with E-state index < -0.39 is 128 Å². The number of allylic oxidation sites excluding steroid dienone is 12. The van der Waals surface area contributed by atoms with Crippen LogP contribution in [-0.4, -0.2) is 177 Å². The highest BCUT2D eigenvalue weighted by Crippen LogP contribution is 2.40. The Morgan fingerprint density at radius 2 is 1.37 bits per heavy atom. The van der Waals surface area contributed by atoms with Crippen LogP contribution in [0.5, 0.6) is 0 Å². The van der Waals surface area contributed by atoms with Crippen molar-refractivity contribution in [2.24, 2.45) is 11.8 Å². The smallest absolute Gasteiger partial charge is 0.407 e. The number of aliphatic hydroxyl groups is 8. The minimum absolute atomic E-state index is 0.0177. The first-order chi connectivity index (χ1) is 33.8. The third-order valence-corrected chi connectivity index (χ3v) is 12.9. The maximum absolute atomic E-state index is 12.7. The highest BCUT2D eigenvalue weighted by atomic mass is 16.7. The molecule has 20 heteroatoms. The zero-order valence-electron chi connectivity index (χ0n) is 41.3. The first-order valence-electron chi connectivity index (χ1n) is 24.6. The predicted molar refractivity (Wildman–Crippen MR) is 258 cm³/mol. The van der Waals surface area contributed by atoms with Crippen molar-refractivity contribution < 1.29 is 88.4 Å². The maximum Gasteiger partial charge on any atom is 0.407 e. The van der Waals surface area contributed by atoms with Gasteiger partial charge in [-0.25, -0.2) is 9.59 Å². The summed E-state index contributed by atoms with van der Waals surface area (Å²) >= 11 is 0. The van der Waals surface area contributed by atoms with E-state index in [9.17, 15) is 55.2 Å². The number of hydrogen-bond acceptors (Lipinski definition) is 18. The lowest BCUT2D eigenvalue weighted by Gasteiger charge is -2.46. The third-order valence-electron chi connectivity index (χ3n) is 12.9. The van der Waals surface area contributed by atoms with Crippen LogP contribution in [0.4, 0.5) is 9.59 Å². The molecule has 0 aromatic heterocycles. The highest BCUT2D eigenvalue weighted by Gasteiger charge is 2.54. The quantitative estimate of drug-likeness (QED) is 0.135. The molecule has 400 valence electrons. The van der Waals surface area contributed by atoms with E-state index in [4.69, 9.17) is 33.2 Å². The monoisotopic (exact) mass is 1010 g/mol. The van der Waals surface area contributed by atoms with Crippen molar-refractivity contribution >= 4 is 18.2 Å². The lowest BCUT2D eigenvalue weighted by atomic mass is 9.87. The number of alkyl carbamates (subject to hydrolysis) is 2. The van der Waals surface area contributed by atoms with Crippen LogP contribution in [0.15, 0.2) is 85.1 Å². The second-order valence-electron chi connectivity index (χ2n) is 18.7. The Bertz CT molecular complexity index is 1860. The van der Waals surface area contributed by atoms with Gasteiger partial charge in [0.15, 0.2) is 12.1 Å². The molecule has 10 N–H and O–H groups in total. The number of carbonyl (C=O) groups excluding carboxylic acids is 3. The molecular formula is C51H78N2O18. The van der Waals surface area contributed by atoms with Crippen molar-refractivity contribution in [3.8, 4) is 0 Å². The Kier molecular flexibility index (Phi) is 25.1. The number of rotatable bonds is 6. The number of esters is 1. The summed E-state index contributed by atoms with van der Waals surface area (Å²) in [6.45, 7) is 6.90. The normalized spacial score (nSPS) is 42.1. The second kappa shape index (κ2) is 30.0. The summed E-state index contributed by atoms with van der Waals surface area (Å²) in [5, 5.41) is 92.5. The summed E-state index contributed by atoms with van der Waals surface area (Å²) in [5.41, 5.74) is 0. The third kappa shape index (κ3) is 19.6. The molecule has 0 saturated carbocycles. The van der Waals surface area contributed by atoms with Crippen LogP contribution in [0, 0.1) is 11.8 Å². The number of amides is 2. The van der Waals surface area contributed by atoms with E-state index in [1.54, 1.807) is 50.3 Å². The number of carbonyl (C=O) groups is 3. The molecule has 71 heavy (non-hydrogen) atoms. The van der Waals surface area contributed by atoms with Crippen LogP contribution >= 0.6 is 0 Å². The molecule has 2 bridgehead atoms. The first-order valence-corrected chi connectivity index (χ1v) is 24.6. The fourth-order valence-electron chi connectivity index (χ4n) is 8.71. The second-order valence-corrected chi connectivity index (χ2v) is 18.7. The van der Waals surface area contributed by atoms with Gasteiger partial charge in [0.2, 0.25) is 0 Å². The van der Waals surface area contributed by atoms with E-state index in [0.717, 1.165) is 0 Å². The van der Waals surface area contributed by atoms with Gasteiger partial charge >= 0.3 is 18.2 Å². The number of aliphatic hydroxyl groups excluding tert-OH is 8. The molecular weight excluding hydrogens is 929 g/mol. The molecule has 18 unspecified atom stereocenters. The van der Waals surface area contributed by atoms with Crippen LogP contribution in [-0.2, 0) is 38.0 Å². The van der Waals surface area contributed by atoms with Crippen molar-refractivity contribution in [1.29, 1.82) is 0 Å². The summed E-state index contributed by atoms with van der Waals surface area (Å²) in [6.07, 6.45) is 7.56. The fourth-order valence-corrected chi connectivity index (χ4v) is 8.71. The van der Waals surface area contributed by atoms with Crippen molar-refractivity contribution in [2.45, 2.75) is 183 Å². The Hall–Kier alpha value is -4.29. The SMILES string of the molecule is CCCOC(=O)NC1C(O)COC(OC2/C=C/C=C/C=C/C=C/C=C/C=C/C=C/C(C)C(O)C(C)C(C)OC(=O)CC(O)CC(O)CCC(O)C(O)CC(O)CC3(OC)CC4OC(=O)NC4C(C2)O3)C1O. The molecule has 4 heterocycles. The zero-order chi connectivity index (χ0) is 52.1. The largest absolute Gasteiger partial charge is 0.462 e. The Morgan fingerprint density at radius 3 is 2.00 bits per heavy atom. The summed E-state index contributed by atoms with van der Waals surface area (Å²) in [6, 6.07) is -1.94. The van der Waals surface area contributed by atoms with Crippen molar-refractivity contribution in [3.63, 3.8) is 0 Å². The van der Waals surface area contributed by atoms with Crippen LogP contribution in [0.2, 0.25) is 0 Å². The molecule has 18 atom stereocenters. The van der Waals surface area contributed by atoms with Gasteiger partial charge in [0, 0.05) is 44.6 Å². The van der Waals surface area contributed by atoms with Gasteiger partial charge in [-0.3, -0.25) is 4.79 Å². The average Bonchev–Trinajstić information content (AvgIpc) is 3.70. The molecule has 3 fully saturated rings. The number of nitrogens with one attached hydrogen (secondary N) is 2. The highest BCUT2D eigenvalue weighted by molar-refractivity contribution is 5.71. The molecule has 4 aliphatic heterocycles. The van der Waals surface area contributed by atoms with Crippen molar-refractivity contribution in [3.05, 3.63) is 85.1 Å². The number of cyclic esters (lactones) is 1. The molecule has 0 aromatic rings. The van der Waals surface area contributed by atoms with E-state index in [-0.39, 0.29) is 64.1 Å². The van der Waals surface area contributed by atoms with E-state index in [2.05, 4.69) is 10.6 Å². The number of methoxy groups -OCH3 is 1. The predicted octanol–water partition coefficient (Wildman–Crippen LogP) is 2.57. The molecule has 4 rings (SSSR count). The van der Waals surface area contributed by atoms with Crippen LogP contribution in [0.25, 0.3) is 0 Å². The Morgan fingerprint density at radius 1 is 0.732 bits per heavy atom. The minimum atomic E-state index is -1.59. The van der Waals surface area contributed by atoms with Crippen LogP contribution in [0.1, 0.15) is 85.5 Å². The first kappa shape index (κ1) is 59.3. The van der Waals surface area contributed by atoms with Crippen molar-refractivity contribution in [1.82, 2.24) is 10.6 Å². The lowest BCUT2D eigenvalue weighted by Crippen LogP contribution is -2.62. The Labute approximate surface area is 416 Å². The summed E-state index contributed by atoms with van der Waals surface area (Å²) in [5.74, 6) is -3.02. The summed E-state index contributed by atoms with van der Waals surface area (Å²) in [4.78, 5) is 37.8. The van der Waals surface area contributed by atoms with Gasteiger partial charge in [0.25, 0.3) is 0 Å². The molecule has 0 aliphatic carbocycles. The fraction of sp³-hybridized carbons (Fsp3) is 0.667. The molecule has 3 saturated heterocycles. The van der Waals surface area contributed by atoms with E-state index in [0.29, 0.717) is 6.42 Å². The number of ether oxygens (including phenoxy) is 7. The van der Waals surface area contributed by atoms with E-state index in [1.165, 1.54) is 7.11 Å². The standard InChI is InChI=1S/C51H78N2O18/c1-6-23-66-49(63)52-44-40(59)30-67-48(47(44)62)69-37-20-18-16-14-12-10-8-7-9-11-13-15-17-19-31(2)46(61)32(3)33(4)68-43(60)26-35(55)24-34(54)21-22-38(57)39(58)25-36(56)28-51(65-5)29-42-45(41(27-37)71-51)53-50(64)70-42/h7-20,31-42,44-48,54-59,61-62H,6,21-30H2,1-5H3,(H,52,63)(H,53,64)/b8-7+,11-9+,12-10+,15-13+,16-14+,19-17+,20-18+. The molecule has 0 aromatic carbocycles.